The summed E-state index contributed by atoms with van der Waals surface area (Å²) in [6, 6.07) is 0. The molecule has 0 radical (unpaired) electrons. The van der Waals surface area contributed by atoms with Gasteiger partial charge in [0.15, 0.2) is 0 Å². The van der Waals surface area contributed by atoms with Gasteiger partial charge in [0.05, 0.1) is 0 Å². The molecule has 0 fully saturated rings. The second-order valence-electron chi connectivity index (χ2n) is 2.02. The van der Waals surface area contributed by atoms with Gasteiger partial charge in [0.25, 0.3) is 0 Å². The molecule has 1 aromatic heterocycles. The summed E-state index contributed by atoms with van der Waals surface area (Å²) in [5.41, 5.74) is 4.74. The van der Waals surface area contributed by atoms with Crippen molar-refractivity contribution in [1.82, 2.24) is 4.98 Å². The molecule has 7 heteroatoms. The third-order valence-electron chi connectivity index (χ3n) is 1.01. The van der Waals surface area contributed by atoms with Gasteiger partial charge in [0.2, 0.25) is 20.1 Å². The molecule has 5 nitrogen and oxygen atoms in total. The largest absolute Gasteiger partial charge is 0.369 e. The van der Waals surface area contributed by atoms with Crippen molar-refractivity contribution in [2.24, 2.45) is 5.73 Å². The van der Waals surface area contributed by atoms with Gasteiger partial charge in [-0.05, 0) is 0 Å². The maximum atomic E-state index is 11.2. The molecule has 0 aliphatic heterocycles. The molecule has 0 saturated heterocycles. The van der Waals surface area contributed by atoms with Crippen molar-refractivity contribution in [2.75, 3.05) is 5.75 Å². The van der Waals surface area contributed by atoms with Gasteiger partial charge < -0.3 is 5.73 Å². The van der Waals surface area contributed by atoms with Crippen LogP contribution >= 0.6 is 11.3 Å². The number of thiazole rings is 1. The van der Waals surface area contributed by atoms with Crippen LogP contribution in [0.2, 0.25) is 0 Å². The summed E-state index contributed by atoms with van der Waals surface area (Å²) >= 11 is 0.965. The van der Waals surface area contributed by atoms with Crippen molar-refractivity contribution in [3.8, 4) is 0 Å². The monoisotopic (exact) mass is 206 g/mol. The Morgan fingerprint density at radius 3 is 2.75 bits per heavy atom. The minimum Gasteiger partial charge on any atom is -0.369 e. The van der Waals surface area contributed by atoms with Crippen molar-refractivity contribution >= 4 is 27.1 Å². The molecular weight excluding hydrogens is 200 g/mol. The number of hydrogen-bond acceptors (Lipinski definition) is 5. The number of aromatic nitrogens is 1. The Morgan fingerprint density at radius 2 is 2.33 bits per heavy atom. The predicted molar refractivity (Wildman–Crippen MR) is 43.4 cm³/mol. The number of rotatable bonds is 3. The van der Waals surface area contributed by atoms with E-state index in [0.29, 0.717) is 0 Å². The zero-order chi connectivity index (χ0) is 9.19. The summed E-state index contributed by atoms with van der Waals surface area (Å²) in [5.74, 6) is -1.55. The van der Waals surface area contributed by atoms with Crippen molar-refractivity contribution in [3.63, 3.8) is 0 Å². The van der Waals surface area contributed by atoms with Crippen LogP contribution in [0.4, 0.5) is 0 Å². The molecular formula is C5H6N2O3S2. The first-order valence-electron chi connectivity index (χ1n) is 2.93. The van der Waals surface area contributed by atoms with E-state index < -0.39 is 21.5 Å². The minimum absolute atomic E-state index is 0.0682. The number of nitrogens with zero attached hydrogens (tertiary/aromatic N) is 1. The molecule has 1 heterocycles. The van der Waals surface area contributed by atoms with E-state index in [2.05, 4.69) is 4.98 Å². The van der Waals surface area contributed by atoms with Gasteiger partial charge in [0.1, 0.15) is 5.75 Å². The van der Waals surface area contributed by atoms with E-state index >= 15 is 0 Å². The number of sulfone groups is 1. The predicted octanol–water partition coefficient (Wildman–Crippen LogP) is -0.598. The molecule has 2 N–H and O–H groups in total. The highest BCUT2D eigenvalue weighted by atomic mass is 32.2. The fourth-order valence-corrected chi connectivity index (χ4v) is 2.62. The van der Waals surface area contributed by atoms with Gasteiger partial charge in [-0.25, -0.2) is 13.4 Å². The van der Waals surface area contributed by atoms with Crippen LogP contribution < -0.4 is 5.73 Å². The van der Waals surface area contributed by atoms with E-state index in [1.165, 1.54) is 11.6 Å². The lowest BCUT2D eigenvalue weighted by Gasteiger charge is -1.94. The van der Waals surface area contributed by atoms with Gasteiger partial charge in [-0.3, -0.25) is 4.79 Å². The molecule has 0 bridgehead atoms. The molecule has 0 saturated carbocycles. The molecule has 0 aromatic carbocycles. The maximum absolute atomic E-state index is 11.2. The quantitative estimate of drug-likeness (QED) is 0.715. The van der Waals surface area contributed by atoms with Crippen LogP contribution in [0.3, 0.4) is 0 Å². The fourth-order valence-electron chi connectivity index (χ4n) is 0.613. The Labute approximate surface area is 73.1 Å². The zero-order valence-electron chi connectivity index (χ0n) is 5.93. The highest BCUT2D eigenvalue weighted by Gasteiger charge is 2.19. The number of carbonyl (C=O) groups excluding carboxylic acids is 1. The summed E-state index contributed by atoms with van der Waals surface area (Å²) in [4.78, 5) is 13.9. The van der Waals surface area contributed by atoms with Gasteiger partial charge in [0, 0.05) is 11.6 Å². The van der Waals surface area contributed by atoms with Crippen molar-refractivity contribution in [3.05, 3.63) is 11.6 Å². The van der Waals surface area contributed by atoms with Gasteiger partial charge in [-0.2, -0.15) is 0 Å². The average Bonchev–Trinajstić information content (AvgIpc) is 2.32. The second-order valence-corrected chi connectivity index (χ2v) is 5.08. The van der Waals surface area contributed by atoms with Crippen molar-refractivity contribution in [1.29, 1.82) is 0 Å². The van der Waals surface area contributed by atoms with Crippen LogP contribution in [0, 0.1) is 0 Å². The highest BCUT2D eigenvalue weighted by molar-refractivity contribution is 7.93. The van der Waals surface area contributed by atoms with Gasteiger partial charge in [-0.15, -0.1) is 11.3 Å². The zero-order valence-corrected chi connectivity index (χ0v) is 7.56. The maximum Gasteiger partial charge on any atom is 0.233 e. The molecule has 0 spiro atoms. The Balaban J connectivity index is 2.96. The summed E-state index contributed by atoms with van der Waals surface area (Å²) in [5, 5.41) is 1.52. The number of carbonyl (C=O) groups is 1. The molecule has 1 aromatic rings. The molecule has 1 amide bonds. The lowest BCUT2D eigenvalue weighted by atomic mass is 10.8. The van der Waals surface area contributed by atoms with Crippen LogP contribution in [-0.4, -0.2) is 25.1 Å². The van der Waals surface area contributed by atoms with E-state index in [0.717, 1.165) is 11.3 Å². The van der Waals surface area contributed by atoms with E-state index in [9.17, 15) is 13.2 Å². The molecule has 12 heavy (non-hydrogen) atoms. The molecule has 1 rings (SSSR count). The SMILES string of the molecule is NC(=O)CS(=O)(=O)c1nccs1. The van der Waals surface area contributed by atoms with Crippen LogP contribution in [-0.2, 0) is 14.6 Å². The van der Waals surface area contributed by atoms with E-state index in [1.807, 2.05) is 0 Å². The average molecular weight is 206 g/mol. The number of primary amides is 1. The van der Waals surface area contributed by atoms with E-state index in [1.54, 1.807) is 0 Å². The number of hydrogen-bond donors (Lipinski definition) is 1. The lowest BCUT2D eigenvalue weighted by molar-refractivity contribution is -0.115. The van der Waals surface area contributed by atoms with Gasteiger partial charge >= 0.3 is 0 Å². The Bertz CT molecular complexity index is 367. The minimum atomic E-state index is -3.58. The standard InChI is InChI=1S/C5H6N2O3S2/c6-4(8)3-12(9,10)5-7-1-2-11-5/h1-2H,3H2,(H2,6,8). The van der Waals surface area contributed by atoms with Crippen LogP contribution in [0.15, 0.2) is 15.9 Å². The Morgan fingerprint density at radius 1 is 1.67 bits per heavy atom. The first-order chi connectivity index (χ1) is 5.52. The smallest absolute Gasteiger partial charge is 0.233 e. The third-order valence-corrected chi connectivity index (χ3v) is 3.93. The molecule has 0 atom stereocenters. The van der Waals surface area contributed by atoms with E-state index in [4.69, 9.17) is 5.73 Å². The summed E-state index contributed by atoms with van der Waals surface area (Å²) < 4.78 is 22.2. The topological polar surface area (TPSA) is 90.1 Å². The summed E-state index contributed by atoms with van der Waals surface area (Å²) in [6.07, 6.45) is 1.36. The van der Waals surface area contributed by atoms with Gasteiger partial charge in [-0.1, -0.05) is 0 Å². The molecule has 0 aliphatic rings. The number of nitrogens with two attached hydrogens (primary N) is 1. The Kier molecular flexibility index (Phi) is 2.43. The second kappa shape index (κ2) is 3.20. The molecule has 66 valence electrons. The first kappa shape index (κ1) is 9.14. The lowest BCUT2D eigenvalue weighted by Crippen LogP contribution is -2.23. The van der Waals surface area contributed by atoms with Crippen molar-refractivity contribution in [2.45, 2.75) is 4.34 Å². The molecule has 0 aliphatic carbocycles. The Hall–Kier alpha value is -0.950. The third kappa shape index (κ3) is 2.02. The first-order valence-corrected chi connectivity index (χ1v) is 5.46. The van der Waals surface area contributed by atoms with Crippen molar-refractivity contribution < 1.29 is 13.2 Å². The summed E-state index contributed by atoms with van der Waals surface area (Å²) in [6.45, 7) is 0. The highest BCUT2D eigenvalue weighted by Crippen LogP contribution is 2.12. The van der Waals surface area contributed by atoms with Crippen LogP contribution in [0.5, 0.6) is 0 Å². The normalized spacial score (nSPS) is 11.3. The summed E-state index contributed by atoms with van der Waals surface area (Å²) in [7, 11) is -3.58. The van der Waals surface area contributed by atoms with E-state index in [-0.39, 0.29) is 4.34 Å². The van der Waals surface area contributed by atoms with Crippen LogP contribution in [0.25, 0.3) is 0 Å². The fraction of sp³-hybridized carbons (Fsp3) is 0.200. The number of amides is 1. The molecule has 0 unspecified atom stereocenters. The van der Waals surface area contributed by atoms with Crippen LogP contribution in [0.1, 0.15) is 0 Å².